The summed E-state index contributed by atoms with van der Waals surface area (Å²) in [5, 5.41) is 15.2. The summed E-state index contributed by atoms with van der Waals surface area (Å²) in [5.41, 5.74) is 1.45. The topological polar surface area (TPSA) is 93.8 Å². The zero-order valence-corrected chi connectivity index (χ0v) is 13.1. The van der Waals surface area contributed by atoms with Crippen LogP contribution in [0, 0.1) is 6.92 Å². The summed E-state index contributed by atoms with van der Waals surface area (Å²) in [4.78, 5) is 16.0. The maximum absolute atomic E-state index is 11.8. The number of nitrogens with zero attached hydrogens (tertiary/aromatic N) is 4. The molecule has 1 N–H and O–H groups in total. The number of rotatable bonds is 5. The fourth-order valence-corrected chi connectivity index (χ4v) is 2.41. The minimum Gasteiger partial charge on any atom is -0.360 e. The van der Waals surface area contributed by atoms with Gasteiger partial charge in [-0.05, 0) is 31.2 Å². The number of aromatic nitrogens is 4. The average molecular weight is 327 g/mol. The third kappa shape index (κ3) is 4.13. The Hall–Kier alpha value is -2.74. The van der Waals surface area contributed by atoms with Gasteiger partial charge >= 0.3 is 0 Å². The smallest absolute Gasteiger partial charge is 0.236 e. The van der Waals surface area contributed by atoms with Gasteiger partial charge in [-0.2, -0.15) is 0 Å². The van der Waals surface area contributed by atoms with Gasteiger partial charge in [-0.15, -0.1) is 10.2 Å². The zero-order valence-electron chi connectivity index (χ0n) is 12.3. The van der Waals surface area contributed by atoms with E-state index in [0.29, 0.717) is 22.3 Å². The van der Waals surface area contributed by atoms with E-state index < -0.39 is 0 Å². The lowest BCUT2D eigenvalue weighted by molar-refractivity contribution is -0.113. The number of anilines is 1. The van der Waals surface area contributed by atoms with Gasteiger partial charge in [0.05, 0.1) is 11.4 Å². The SMILES string of the molecule is Cc1cc(NC(=O)CSc2ccc(-c3ccccn3)nn2)no1. The van der Waals surface area contributed by atoms with E-state index in [-0.39, 0.29) is 11.7 Å². The number of aryl methyl sites for hydroxylation is 1. The van der Waals surface area contributed by atoms with Crippen molar-refractivity contribution in [3.05, 3.63) is 48.4 Å². The molecule has 8 heteroatoms. The third-order valence-electron chi connectivity index (χ3n) is 2.81. The molecule has 3 rings (SSSR count). The Morgan fingerprint density at radius 1 is 1.22 bits per heavy atom. The average Bonchev–Trinajstić information content (AvgIpc) is 2.99. The summed E-state index contributed by atoms with van der Waals surface area (Å²) in [5.74, 6) is 1.08. The number of thioether (sulfide) groups is 1. The van der Waals surface area contributed by atoms with Crippen LogP contribution in [0.3, 0.4) is 0 Å². The molecule has 0 saturated carbocycles. The Morgan fingerprint density at radius 2 is 2.13 bits per heavy atom. The van der Waals surface area contributed by atoms with Crippen LogP contribution < -0.4 is 5.32 Å². The molecule has 0 fully saturated rings. The van der Waals surface area contributed by atoms with E-state index >= 15 is 0 Å². The van der Waals surface area contributed by atoms with Crippen molar-refractivity contribution in [1.82, 2.24) is 20.3 Å². The first kappa shape index (κ1) is 15.2. The lowest BCUT2D eigenvalue weighted by Crippen LogP contribution is -2.14. The Morgan fingerprint density at radius 3 is 2.78 bits per heavy atom. The molecule has 0 aliphatic heterocycles. The Labute approximate surface area is 136 Å². The van der Waals surface area contributed by atoms with Crippen molar-refractivity contribution in [2.24, 2.45) is 0 Å². The maximum Gasteiger partial charge on any atom is 0.236 e. The molecule has 1 amide bonds. The highest BCUT2D eigenvalue weighted by Crippen LogP contribution is 2.18. The molecule has 0 radical (unpaired) electrons. The van der Waals surface area contributed by atoms with Crippen molar-refractivity contribution in [3.63, 3.8) is 0 Å². The molecule has 0 aliphatic carbocycles. The van der Waals surface area contributed by atoms with Gasteiger partial charge < -0.3 is 9.84 Å². The van der Waals surface area contributed by atoms with Crippen LogP contribution in [0.4, 0.5) is 5.82 Å². The predicted octanol–water partition coefficient (Wildman–Crippen LogP) is 2.57. The van der Waals surface area contributed by atoms with Gasteiger partial charge in [0, 0.05) is 12.3 Å². The van der Waals surface area contributed by atoms with E-state index in [0.717, 1.165) is 5.69 Å². The molecular weight excluding hydrogens is 314 g/mol. The molecule has 0 aliphatic rings. The van der Waals surface area contributed by atoms with Crippen molar-refractivity contribution in [3.8, 4) is 11.4 Å². The van der Waals surface area contributed by atoms with Crippen molar-refractivity contribution in [2.45, 2.75) is 11.9 Å². The summed E-state index contributed by atoms with van der Waals surface area (Å²) >= 11 is 1.29. The summed E-state index contributed by atoms with van der Waals surface area (Å²) in [6, 6.07) is 10.9. The van der Waals surface area contributed by atoms with Gasteiger partial charge in [-0.3, -0.25) is 9.78 Å². The van der Waals surface area contributed by atoms with Crippen molar-refractivity contribution < 1.29 is 9.32 Å². The largest absolute Gasteiger partial charge is 0.360 e. The van der Waals surface area contributed by atoms with Crippen LogP contribution >= 0.6 is 11.8 Å². The van der Waals surface area contributed by atoms with Gasteiger partial charge in [0.25, 0.3) is 0 Å². The predicted molar refractivity (Wildman–Crippen MR) is 85.9 cm³/mol. The van der Waals surface area contributed by atoms with E-state index in [4.69, 9.17) is 4.52 Å². The molecule has 0 bridgehead atoms. The van der Waals surface area contributed by atoms with E-state index in [1.165, 1.54) is 11.8 Å². The van der Waals surface area contributed by atoms with E-state index in [1.807, 2.05) is 30.3 Å². The van der Waals surface area contributed by atoms with Crippen LogP contribution in [-0.2, 0) is 4.79 Å². The Balaban J connectivity index is 1.55. The number of hydrogen-bond donors (Lipinski definition) is 1. The van der Waals surface area contributed by atoms with Crippen molar-refractivity contribution >= 4 is 23.5 Å². The fourth-order valence-electron chi connectivity index (χ4n) is 1.79. The highest BCUT2D eigenvalue weighted by Gasteiger charge is 2.08. The number of nitrogens with one attached hydrogen (secondary N) is 1. The minimum absolute atomic E-state index is 0.182. The minimum atomic E-state index is -0.182. The molecule has 3 aromatic rings. The van der Waals surface area contributed by atoms with Gasteiger partial charge in [0.2, 0.25) is 5.91 Å². The molecule has 116 valence electrons. The van der Waals surface area contributed by atoms with E-state index in [2.05, 4.69) is 25.7 Å². The first-order valence-electron chi connectivity index (χ1n) is 6.82. The lowest BCUT2D eigenvalue weighted by Gasteiger charge is -2.02. The quantitative estimate of drug-likeness (QED) is 0.720. The van der Waals surface area contributed by atoms with Crippen LogP contribution in [0.2, 0.25) is 0 Å². The van der Waals surface area contributed by atoms with Crippen molar-refractivity contribution in [2.75, 3.05) is 11.1 Å². The summed E-state index contributed by atoms with van der Waals surface area (Å²) in [6.45, 7) is 1.76. The van der Waals surface area contributed by atoms with Crippen LogP contribution in [0.15, 0.2) is 52.1 Å². The molecule has 3 aromatic heterocycles. The van der Waals surface area contributed by atoms with Crippen LogP contribution in [-0.4, -0.2) is 32.0 Å². The molecule has 0 spiro atoms. The number of carbonyl (C=O) groups is 1. The highest BCUT2D eigenvalue weighted by atomic mass is 32.2. The third-order valence-corrected chi connectivity index (χ3v) is 3.73. The molecule has 7 nitrogen and oxygen atoms in total. The summed E-state index contributed by atoms with van der Waals surface area (Å²) in [7, 11) is 0. The fraction of sp³-hybridized carbons (Fsp3) is 0.133. The van der Waals surface area contributed by atoms with Crippen LogP contribution in [0.5, 0.6) is 0 Å². The molecule has 0 unspecified atom stereocenters. The number of pyridine rings is 1. The van der Waals surface area contributed by atoms with Crippen molar-refractivity contribution in [1.29, 1.82) is 0 Å². The number of carbonyl (C=O) groups excluding carboxylic acids is 1. The Bertz CT molecular complexity index is 789. The normalized spacial score (nSPS) is 10.5. The Kier molecular flexibility index (Phi) is 4.62. The first-order valence-corrected chi connectivity index (χ1v) is 7.80. The lowest BCUT2D eigenvalue weighted by atomic mass is 10.2. The molecule has 23 heavy (non-hydrogen) atoms. The molecular formula is C15H13N5O2S. The molecule has 0 atom stereocenters. The van der Waals surface area contributed by atoms with Gasteiger partial charge in [-0.25, -0.2) is 0 Å². The first-order chi connectivity index (χ1) is 11.2. The maximum atomic E-state index is 11.8. The highest BCUT2D eigenvalue weighted by molar-refractivity contribution is 7.99. The second-order valence-corrected chi connectivity index (χ2v) is 5.63. The number of hydrogen-bond acceptors (Lipinski definition) is 7. The number of amides is 1. The monoisotopic (exact) mass is 327 g/mol. The second-order valence-electron chi connectivity index (χ2n) is 4.63. The van der Waals surface area contributed by atoms with Crippen LogP contribution in [0.25, 0.3) is 11.4 Å². The van der Waals surface area contributed by atoms with Crippen LogP contribution in [0.1, 0.15) is 5.76 Å². The van der Waals surface area contributed by atoms with E-state index in [1.54, 1.807) is 19.2 Å². The summed E-state index contributed by atoms with van der Waals surface area (Å²) < 4.78 is 4.88. The van der Waals surface area contributed by atoms with Gasteiger partial charge in [0.15, 0.2) is 5.82 Å². The van der Waals surface area contributed by atoms with E-state index in [9.17, 15) is 4.79 Å². The summed E-state index contributed by atoms with van der Waals surface area (Å²) in [6.07, 6.45) is 1.70. The molecule has 0 saturated heterocycles. The second kappa shape index (κ2) is 7.01. The standard InChI is InChI=1S/C15H13N5O2S/c1-10-8-13(20-22-10)17-14(21)9-23-15-6-5-12(18-19-15)11-4-2-3-7-16-11/h2-8H,9H2,1H3,(H,17,20,21). The van der Waals surface area contributed by atoms with Gasteiger partial charge in [-0.1, -0.05) is 23.0 Å². The van der Waals surface area contributed by atoms with Gasteiger partial charge in [0.1, 0.15) is 16.5 Å². The molecule has 0 aromatic carbocycles. The molecule has 3 heterocycles. The zero-order chi connectivity index (χ0) is 16.1.